The van der Waals surface area contributed by atoms with Crippen LogP contribution in [0.4, 0.5) is 0 Å². The molecule has 0 aliphatic carbocycles. The first-order valence-corrected chi connectivity index (χ1v) is 12.8. The lowest BCUT2D eigenvalue weighted by atomic mass is 9.79. The van der Waals surface area contributed by atoms with Crippen LogP contribution in [0.1, 0.15) is 89.3 Å². The standard InChI is InChI=1S/C30H41NO2/c1-6-7-9-12-21(2)22(3)24-17-27(32)29-25-15-16-31(19-23-13-10-8-11-14-23)20-26(25)30(4,5)33-28(29)18-24/h8,10-11,13-14,17-18,21-22,32H,6-7,9,12,15-16,19-20H2,1-5H3. The fourth-order valence-corrected chi connectivity index (χ4v) is 5.52. The molecule has 1 N–H and O–H groups in total. The number of aromatic hydroxyl groups is 1. The van der Waals surface area contributed by atoms with E-state index in [0.717, 1.165) is 37.4 Å². The summed E-state index contributed by atoms with van der Waals surface area (Å²) in [6, 6.07) is 14.9. The van der Waals surface area contributed by atoms with E-state index >= 15 is 0 Å². The van der Waals surface area contributed by atoms with Gasteiger partial charge >= 0.3 is 0 Å². The highest BCUT2D eigenvalue weighted by molar-refractivity contribution is 5.81. The molecule has 2 aliphatic rings. The molecule has 2 unspecified atom stereocenters. The number of rotatable bonds is 8. The second-order valence-electron chi connectivity index (χ2n) is 10.7. The second-order valence-corrected chi connectivity index (χ2v) is 10.7. The molecule has 0 bridgehead atoms. The summed E-state index contributed by atoms with van der Waals surface area (Å²) < 4.78 is 6.59. The van der Waals surface area contributed by atoms with Crippen LogP contribution in [0, 0.1) is 5.92 Å². The molecule has 3 heteroatoms. The third-order valence-corrected chi connectivity index (χ3v) is 7.81. The van der Waals surface area contributed by atoms with Crippen LogP contribution in [0.15, 0.2) is 48.0 Å². The van der Waals surface area contributed by atoms with E-state index < -0.39 is 0 Å². The highest BCUT2D eigenvalue weighted by atomic mass is 16.5. The summed E-state index contributed by atoms with van der Waals surface area (Å²) in [6.45, 7) is 14.1. The van der Waals surface area contributed by atoms with E-state index in [0.29, 0.717) is 17.6 Å². The van der Waals surface area contributed by atoms with Gasteiger partial charge < -0.3 is 9.84 Å². The minimum atomic E-state index is -0.376. The molecule has 2 atom stereocenters. The molecule has 3 nitrogen and oxygen atoms in total. The lowest BCUT2D eigenvalue weighted by Gasteiger charge is -2.43. The summed E-state index contributed by atoms with van der Waals surface area (Å²) in [7, 11) is 0. The number of nitrogens with zero attached hydrogens (tertiary/aromatic N) is 1. The number of hydrogen-bond acceptors (Lipinski definition) is 3. The number of ether oxygens (including phenoxy) is 1. The molecule has 0 saturated carbocycles. The number of hydrogen-bond donors (Lipinski definition) is 1. The molecule has 2 aromatic carbocycles. The first-order valence-electron chi connectivity index (χ1n) is 12.8. The third-order valence-electron chi connectivity index (χ3n) is 7.81. The average molecular weight is 448 g/mol. The molecule has 0 radical (unpaired) electrons. The Hall–Kier alpha value is -2.26. The van der Waals surface area contributed by atoms with Crippen LogP contribution in [0.25, 0.3) is 5.57 Å². The quantitative estimate of drug-likeness (QED) is 0.424. The van der Waals surface area contributed by atoms with Crippen LogP contribution < -0.4 is 4.74 Å². The highest BCUT2D eigenvalue weighted by Gasteiger charge is 2.39. The van der Waals surface area contributed by atoms with E-state index in [1.807, 2.05) is 6.07 Å². The van der Waals surface area contributed by atoms with E-state index in [1.54, 1.807) is 0 Å². The Morgan fingerprint density at radius 2 is 1.85 bits per heavy atom. The van der Waals surface area contributed by atoms with Gasteiger partial charge in [0, 0.05) is 19.6 Å². The summed E-state index contributed by atoms with van der Waals surface area (Å²) in [6.07, 6.45) is 5.99. The molecule has 0 saturated heterocycles. The van der Waals surface area contributed by atoms with Crippen LogP contribution in [-0.2, 0) is 6.54 Å². The van der Waals surface area contributed by atoms with Gasteiger partial charge in [0.2, 0.25) is 0 Å². The fourth-order valence-electron chi connectivity index (χ4n) is 5.52. The molecule has 0 spiro atoms. The Labute approximate surface area is 200 Å². The van der Waals surface area contributed by atoms with Crippen molar-refractivity contribution >= 4 is 5.57 Å². The van der Waals surface area contributed by atoms with Crippen molar-refractivity contribution in [2.45, 2.75) is 84.8 Å². The third kappa shape index (κ3) is 5.14. The van der Waals surface area contributed by atoms with Crippen LogP contribution in [0.5, 0.6) is 11.5 Å². The molecule has 0 amide bonds. The van der Waals surface area contributed by atoms with Gasteiger partial charge in [-0.1, -0.05) is 76.8 Å². The number of fused-ring (bicyclic) bond motifs is 2. The Bertz CT molecular complexity index is 992. The van der Waals surface area contributed by atoms with Gasteiger partial charge in [-0.15, -0.1) is 0 Å². The Kier molecular flexibility index (Phi) is 7.19. The van der Waals surface area contributed by atoms with E-state index in [1.165, 1.54) is 48.0 Å². The molecule has 2 heterocycles. The average Bonchev–Trinajstić information content (AvgIpc) is 2.79. The normalized spacial score (nSPS) is 19.4. The van der Waals surface area contributed by atoms with Crippen molar-refractivity contribution in [2.24, 2.45) is 5.92 Å². The van der Waals surface area contributed by atoms with Crippen molar-refractivity contribution in [2.75, 3.05) is 13.1 Å². The van der Waals surface area contributed by atoms with Gasteiger partial charge in [-0.3, -0.25) is 4.90 Å². The summed E-state index contributed by atoms with van der Waals surface area (Å²) in [5, 5.41) is 11.2. The van der Waals surface area contributed by atoms with Crippen molar-refractivity contribution in [1.82, 2.24) is 4.90 Å². The largest absolute Gasteiger partial charge is 0.507 e. The zero-order valence-electron chi connectivity index (χ0n) is 21.2. The molecule has 0 fully saturated rings. The van der Waals surface area contributed by atoms with E-state index in [-0.39, 0.29) is 5.60 Å². The van der Waals surface area contributed by atoms with Crippen molar-refractivity contribution in [3.63, 3.8) is 0 Å². The van der Waals surface area contributed by atoms with Gasteiger partial charge in [-0.25, -0.2) is 0 Å². The zero-order chi connectivity index (χ0) is 23.6. The predicted molar refractivity (Wildman–Crippen MR) is 138 cm³/mol. The van der Waals surface area contributed by atoms with Crippen molar-refractivity contribution in [3.05, 3.63) is 64.7 Å². The summed E-state index contributed by atoms with van der Waals surface area (Å²) in [5.41, 5.74) is 5.68. The van der Waals surface area contributed by atoms with Crippen molar-refractivity contribution in [3.8, 4) is 11.5 Å². The van der Waals surface area contributed by atoms with E-state index in [9.17, 15) is 5.11 Å². The number of phenols is 1. The lowest BCUT2D eigenvalue weighted by Crippen LogP contribution is -2.43. The second kappa shape index (κ2) is 9.93. The minimum absolute atomic E-state index is 0.376. The van der Waals surface area contributed by atoms with Crippen LogP contribution in [0.3, 0.4) is 0 Å². The van der Waals surface area contributed by atoms with Crippen LogP contribution in [-0.4, -0.2) is 28.7 Å². The van der Waals surface area contributed by atoms with Gasteiger partial charge in [-0.05, 0) is 66.5 Å². The number of benzene rings is 2. The van der Waals surface area contributed by atoms with Crippen molar-refractivity contribution < 1.29 is 9.84 Å². The Morgan fingerprint density at radius 1 is 1.09 bits per heavy atom. The van der Waals surface area contributed by atoms with Gasteiger partial charge in [0.15, 0.2) is 0 Å². The summed E-state index contributed by atoms with van der Waals surface area (Å²) >= 11 is 0. The monoisotopic (exact) mass is 447 g/mol. The van der Waals surface area contributed by atoms with Crippen LogP contribution in [0.2, 0.25) is 0 Å². The van der Waals surface area contributed by atoms with Gasteiger partial charge in [0.25, 0.3) is 0 Å². The molecule has 33 heavy (non-hydrogen) atoms. The lowest BCUT2D eigenvalue weighted by molar-refractivity contribution is 0.123. The molecule has 2 aromatic rings. The molecular formula is C30H41NO2. The maximum absolute atomic E-state index is 11.2. The van der Waals surface area contributed by atoms with E-state index in [2.05, 4.69) is 75.9 Å². The number of phenolic OH excluding ortho intramolecular Hbond substituents is 1. The molecule has 4 rings (SSSR count). The zero-order valence-corrected chi connectivity index (χ0v) is 21.2. The molecule has 0 aromatic heterocycles. The summed E-state index contributed by atoms with van der Waals surface area (Å²) in [4.78, 5) is 2.50. The van der Waals surface area contributed by atoms with Gasteiger partial charge in [0.1, 0.15) is 17.1 Å². The Morgan fingerprint density at radius 3 is 2.58 bits per heavy atom. The van der Waals surface area contributed by atoms with E-state index in [4.69, 9.17) is 4.74 Å². The van der Waals surface area contributed by atoms with Gasteiger partial charge in [0.05, 0.1) is 5.56 Å². The molecule has 178 valence electrons. The Balaban J connectivity index is 1.59. The number of unbranched alkanes of at least 4 members (excludes halogenated alkanes) is 2. The topological polar surface area (TPSA) is 32.7 Å². The highest BCUT2D eigenvalue weighted by Crippen LogP contribution is 2.49. The fraction of sp³-hybridized carbons (Fsp3) is 0.533. The summed E-state index contributed by atoms with van der Waals surface area (Å²) in [5.74, 6) is 2.22. The SMILES string of the molecule is CCCCCC(C)C(C)c1cc(O)c2c(c1)OC(C)(C)C1=C2CCN(Cc2ccccc2)C1. The first-order chi connectivity index (χ1) is 15.8. The molecular weight excluding hydrogens is 406 g/mol. The minimum Gasteiger partial charge on any atom is -0.507 e. The van der Waals surface area contributed by atoms with Crippen molar-refractivity contribution in [1.29, 1.82) is 0 Å². The molecule has 2 aliphatic heterocycles. The smallest absolute Gasteiger partial charge is 0.132 e. The van der Waals surface area contributed by atoms with Gasteiger partial charge in [-0.2, -0.15) is 0 Å². The maximum atomic E-state index is 11.2. The predicted octanol–water partition coefficient (Wildman–Crippen LogP) is 7.54. The van der Waals surface area contributed by atoms with Crippen LogP contribution >= 0.6 is 0 Å². The maximum Gasteiger partial charge on any atom is 0.132 e. The first kappa shape index (κ1) is 23.9.